The van der Waals surface area contributed by atoms with Crippen molar-refractivity contribution in [1.29, 1.82) is 0 Å². The van der Waals surface area contributed by atoms with E-state index in [4.69, 9.17) is 10.8 Å². The maximum Gasteiger partial charge on any atom is 0.418 e. The van der Waals surface area contributed by atoms with Gasteiger partial charge in [0.05, 0.1) is 0 Å². The Bertz CT molecular complexity index is 376. The summed E-state index contributed by atoms with van der Waals surface area (Å²) < 4.78 is 36.3. The van der Waals surface area contributed by atoms with Crippen molar-refractivity contribution in [2.75, 3.05) is 0 Å². The number of alkyl halides is 3. The number of rotatable bonds is 2. The van der Waals surface area contributed by atoms with Crippen LogP contribution in [0.5, 0.6) is 0 Å². The van der Waals surface area contributed by atoms with Gasteiger partial charge in [-0.25, -0.2) is 0 Å². The zero-order chi connectivity index (χ0) is 11.6. The average Bonchev–Trinajstić information content (AvgIpc) is 2.15. The van der Waals surface area contributed by atoms with Crippen LogP contribution in [-0.2, 0) is 0 Å². The molecule has 0 aliphatic rings. The first-order valence-electron chi connectivity index (χ1n) is 3.97. The van der Waals surface area contributed by atoms with Gasteiger partial charge in [0.15, 0.2) is 6.10 Å². The molecule has 0 spiro atoms. The van der Waals surface area contributed by atoms with Gasteiger partial charge in [0.2, 0.25) is 5.91 Å². The molecule has 82 valence electrons. The van der Waals surface area contributed by atoms with E-state index in [2.05, 4.69) is 0 Å². The van der Waals surface area contributed by atoms with E-state index < -0.39 is 23.8 Å². The summed E-state index contributed by atoms with van der Waals surface area (Å²) in [6.45, 7) is 0. The second kappa shape index (κ2) is 3.90. The van der Waals surface area contributed by atoms with Gasteiger partial charge in [-0.15, -0.1) is 0 Å². The number of halogens is 3. The van der Waals surface area contributed by atoms with Crippen molar-refractivity contribution in [2.45, 2.75) is 12.3 Å². The van der Waals surface area contributed by atoms with Crippen LogP contribution in [-0.4, -0.2) is 17.2 Å². The number of carbonyl (C=O) groups excluding carboxylic acids is 1. The highest BCUT2D eigenvalue weighted by atomic mass is 19.4. The molecule has 3 nitrogen and oxygen atoms in total. The second-order valence-corrected chi connectivity index (χ2v) is 2.93. The van der Waals surface area contributed by atoms with Crippen molar-refractivity contribution in [3.63, 3.8) is 0 Å². The van der Waals surface area contributed by atoms with Gasteiger partial charge in [-0.2, -0.15) is 13.2 Å². The molecule has 1 atom stereocenters. The highest BCUT2D eigenvalue weighted by molar-refractivity contribution is 5.92. The van der Waals surface area contributed by atoms with Gasteiger partial charge in [0, 0.05) is 5.56 Å². The molecule has 15 heavy (non-hydrogen) atoms. The van der Waals surface area contributed by atoms with Gasteiger partial charge >= 0.3 is 6.18 Å². The summed E-state index contributed by atoms with van der Waals surface area (Å²) in [5, 5.41) is 8.89. The predicted molar refractivity (Wildman–Crippen MR) is 46.0 cm³/mol. The highest BCUT2D eigenvalue weighted by Gasteiger charge is 2.39. The molecule has 0 aliphatic heterocycles. The lowest BCUT2D eigenvalue weighted by molar-refractivity contribution is -0.206. The highest BCUT2D eigenvalue weighted by Crippen LogP contribution is 2.32. The predicted octanol–water partition coefficient (Wildman–Crippen LogP) is 1.38. The summed E-state index contributed by atoms with van der Waals surface area (Å²) in [5.74, 6) is -0.841. The van der Waals surface area contributed by atoms with Crippen molar-refractivity contribution < 1.29 is 23.1 Å². The Morgan fingerprint density at radius 2 is 2.00 bits per heavy atom. The van der Waals surface area contributed by atoms with Crippen LogP contribution in [0.3, 0.4) is 0 Å². The number of carbonyl (C=O) groups is 1. The first-order valence-corrected chi connectivity index (χ1v) is 3.97. The van der Waals surface area contributed by atoms with Crippen LogP contribution in [0, 0.1) is 0 Å². The van der Waals surface area contributed by atoms with E-state index in [0.29, 0.717) is 0 Å². The summed E-state index contributed by atoms with van der Waals surface area (Å²) in [6, 6.07) is 4.49. The number of aliphatic hydroxyl groups is 1. The third-order valence-electron chi connectivity index (χ3n) is 1.80. The molecular weight excluding hydrogens is 211 g/mol. The molecule has 0 aliphatic carbocycles. The minimum atomic E-state index is -4.75. The number of hydrogen-bond acceptors (Lipinski definition) is 2. The molecule has 1 rings (SSSR count). The van der Waals surface area contributed by atoms with Crippen molar-refractivity contribution in [1.82, 2.24) is 0 Å². The van der Waals surface area contributed by atoms with E-state index in [-0.39, 0.29) is 5.56 Å². The number of benzene rings is 1. The molecule has 0 fully saturated rings. The van der Waals surface area contributed by atoms with Crippen LogP contribution in [0.4, 0.5) is 13.2 Å². The van der Waals surface area contributed by atoms with E-state index in [1.807, 2.05) is 0 Å². The van der Waals surface area contributed by atoms with Gasteiger partial charge in [-0.3, -0.25) is 4.79 Å². The second-order valence-electron chi connectivity index (χ2n) is 2.93. The van der Waals surface area contributed by atoms with Crippen molar-refractivity contribution >= 4 is 5.91 Å². The quantitative estimate of drug-likeness (QED) is 0.789. The Morgan fingerprint density at radius 1 is 1.40 bits per heavy atom. The van der Waals surface area contributed by atoms with Crippen molar-refractivity contribution in [3.05, 3.63) is 35.4 Å². The zero-order valence-corrected chi connectivity index (χ0v) is 7.45. The molecule has 0 heterocycles. The molecule has 0 bridgehead atoms. The van der Waals surface area contributed by atoms with Gasteiger partial charge < -0.3 is 10.8 Å². The Hall–Kier alpha value is -1.56. The molecule has 1 aromatic rings. The Labute approximate surface area is 83.3 Å². The molecule has 0 aromatic heterocycles. The van der Waals surface area contributed by atoms with Crippen LogP contribution in [0.2, 0.25) is 0 Å². The first-order chi connectivity index (χ1) is 6.82. The number of amides is 1. The molecule has 6 heteroatoms. The third-order valence-corrected chi connectivity index (χ3v) is 1.80. The minimum Gasteiger partial charge on any atom is -0.379 e. The summed E-state index contributed by atoms with van der Waals surface area (Å²) in [5.41, 5.74) is 4.41. The fourth-order valence-electron chi connectivity index (χ4n) is 1.05. The lowest BCUT2D eigenvalue weighted by atomic mass is 10.1. The minimum absolute atomic E-state index is 0.0733. The number of hydrogen-bond donors (Lipinski definition) is 2. The van der Waals surface area contributed by atoms with E-state index in [1.165, 1.54) is 12.1 Å². The number of primary amides is 1. The van der Waals surface area contributed by atoms with Crippen molar-refractivity contribution in [3.8, 4) is 0 Å². The first kappa shape index (κ1) is 11.5. The average molecular weight is 219 g/mol. The summed E-state index contributed by atoms with van der Waals surface area (Å²) in [4.78, 5) is 10.7. The van der Waals surface area contributed by atoms with Crippen LogP contribution in [0.25, 0.3) is 0 Å². The standard InChI is InChI=1S/C9H8F3NO2/c10-9(11,12)7(14)5-2-1-3-6(4-5)8(13)15/h1-4,7,14H,(H2,13,15). The molecule has 1 aromatic carbocycles. The SMILES string of the molecule is NC(=O)c1cccc(C(O)C(F)(F)F)c1. The molecule has 1 amide bonds. The van der Waals surface area contributed by atoms with Crippen LogP contribution < -0.4 is 5.73 Å². The Morgan fingerprint density at radius 3 is 2.47 bits per heavy atom. The van der Waals surface area contributed by atoms with Gasteiger partial charge in [0.1, 0.15) is 0 Å². The topological polar surface area (TPSA) is 63.3 Å². The van der Waals surface area contributed by atoms with Crippen LogP contribution in [0.1, 0.15) is 22.0 Å². The fraction of sp³-hybridized carbons (Fsp3) is 0.222. The van der Waals surface area contributed by atoms with Crippen LogP contribution in [0.15, 0.2) is 24.3 Å². The third kappa shape index (κ3) is 2.69. The van der Waals surface area contributed by atoms with Crippen molar-refractivity contribution in [2.24, 2.45) is 5.73 Å². The Kier molecular flexibility index (Phi) is 2.99. The largest absolute Gasteiger partial charge is 0.418 e. The molecule has 1 unspecified atom stereocenters. The maximum atomic E-state index is 12.1. The van der Waals surface area contributed by atoms with Gasteiger partial charge in [0.25, 0.3) is 0 Å². The van der Waals surface area contributed by atoms with E-state index in [0.717, 1.165) is 12.1 Å². The fourth-order valence-corrected chi connectivity index (χ4v) is 1.05. The summed E-state index contributed by atoms with van der Waals surface area (Å²) in [6.07, 6.45) is -7.35. The Balaban J connectivity index is 3.06. The zero-order valence-electron chi connectivity index (χ0n) is 7.45. The summed E-state index contributed by atoms with van der Waals surface area (Å²) in [7, 11) is 0. The summed E-state index contributed by atoms with van der Waals surface area (Å²) >= 11 is 0. The smallest absolute Gasteiger partial charge is 0.379 e. The number of aliphatic hydroxyl groups excluding tert-OH is 1. The van der Waals surface area contributed by atoms with E-state index in [9.17, 15) is 18.0 Å². The lowest BCUT2D eigenvalue weighted by Crippen LogP contribution is -2.21. The van der Waals surface area contributed by atoms with Gasteiger partial charge in [-0.1, -0.05) is 12.1 Å². The van der Waals surface area contributed by atoms with Crippen LogP contribution >= 0.6 is 0 Å². The number of nitrogens with two attached hydrogens (primary N) is 1. The normalized spacial score (nSPS) is 13.6. The van der Waals surface area contributed by atoms with Gasteiger partial charge in [-0.05, 0) is 17.7 Å². The van der Waals surface area contributed by atoms with E-state index in [1.54, 1.807) is 0 Å². The molecule has 3 N–H and O–H groups in total. The molecule has 0 saturated heterocycles. The van der Waals surface area contributed by atoms with E-state index >= 15 is 0 Å². The monoisotopic (exact) mass is 219 g/mol. The molecule has 0 saturated carbocycles. The maximum absolute atomic E-state index is 12.1. The lowest BCUT2D eigenvalue weighted by Gasteiger charge is -2.14. The molecule has 0 radical (unpaired) electrons. The molecular formula is C9H8F3NO2.